The molecule has 1 aromatic carbocycles. The van der Waals surface area contributed by atoms with Crippen molar-refractivity contribution in [3.63, 3.8) is 0 Å². The fourth-order valence-electron chi connectivity index (χ4n) is 2.89. The lowest BCUT2D eigenvalue weighted by molar-refractivity contribution is -0.137. The normalized spacial score (nSPS) is 24.5. The summed E-state index contributed by atoms with van der Waals surface area (Å²) in [5, 5.41) is 10.3. The van der Waals surface area contributed by atoms with Gasteiger partial charge in [-0.3, -0.25) is 0 Å². The van der Waals surface area contributed by atoms with E-state index < -0.39 is 17.3 Å². The molecular weight excluding hydrogens is 229 g/mol. The van der Waals surface area contributed by atoms with Gasteiger partial charge in [0.1, 0.15) is 0 Å². The number of rotatable bonds is 1. The van der Waals surface area contributed by atoms with Crippen LogP contribution in [-0.4, -0.2) is 5.11 Å². The quantitative estimate of drug-likeness (QED) is 0.799. The van der Waals surface area contributed by atoms with Crippen LogP contribution in [0.1, 0.15) is 36.8 Å². The highest BCUT2D eigenvalue weighted by Gasteiger charge is 2.60. The van der Waals surface area contributed by atoms with Crippen molar-refractivity contribution in [2.75, 3.05) is 0 Å². The van der Waals surface area contributed by atoms with Crippen molar-refractivity contribution in [3.05, 3.63) is 35.4 Å². The van der Waals surface area contributed by atoms with Crippen LogP contribution in [0.25, 0.3) is 0 Å². The van der Waals surface area contributed by atoms with Crippen molar-refractivity contribution >= 4 is 0 Å². The molecule has 0 unspecified atom stereocenters. The van der Waals surface area contributed by atoms with Crippen molar-refractivity contribution < 1.29 is 18.3 Å². The smallest absolute Gasteiger partial charge is 0.385 e. The Bertz CT molecular complexity index is 435. The molecule has 1 spiro atoms. The summed E-state index contributed by atoms with van der Waals surface area (Å²) in [4.78, 5) is 0. The molecule has 1 aromatic rings. The van der Waals surface area contributed by atoms with Crippen LogP contribution in [-0.2, 0) is 11.8 Å². The van der Waals surface area contributed by atoms with Crippen LogP contribution in [0.4, 0.5) is 13.2 Å². The Labute approximate surface area is 97.3 Å². The molecule has 3 rings (SSSR count). The van der Waals surface area contributed by atoms with Gasteiger partial charge in [0.25, 0.3) is 0 Å². The minimum Gasteiger partial charge on any atom is -0.385 e. The van der Waals surface area contributed by atoms with Gasteiger partial charge in [0, 0.05) is 0 Å². The van der Waals surface area contributed by atoms with E-state index in [-0.39, 0.29) is 0 Å². The molecule has 0 bridgehead atoms. The molecule has 1 N–H and O–H groups in total. The standard InChI is InChI=1S/C13H13F3O/c14-13(15,16)10-3-1-9(2-4-10)12(17)7-11(8-12)5-6-11/h1-4,17H,5-8H2. The highest BCUT2D eigenvalue weighted by Crippen LogP contribution is 2.67. The van der Waals surface area contributed by atoms with Gasteiger partial charge >= 0.3 is 6.18 Å². The molecule has 0 heterocycles. The van der Waals surface area contributed by atoms with E-state index in [1.165, 1.54) is 12.1 Å². The molecule has 0 aliphatic heterocycles. The maximum Gasteiger partial charge on any atom is 0.416 e. The Morgan fingerprint density at radius 3 is 1.94 bits per heavy atom. The molecule has 0 radical (unpaired) electrons. The second kappa shape index (κ2) is 3.05. The number of alkyl halides is 3. The van der Waals surface area contributed by atoms with E-state index in [1.54, 1.807) is 0 Å². The van der Waals surface area contributed by atoms with E-state index in [9.17, 15) is 18.3 Å². The molecule has 0 saturated heterocycles. The van der Waals surface area contributed by atoms with Gasteiger partial charge in [0.15, 0.2) is 0 Å². The van der Waals surface area contributed by atoms with Crippen LogP contribution >= 0.6 is 0 Å². The summed E-state index contributed by atoms with van der Waals surface area (Å²) in [6.45, 7) is 0. The van der Waals surface area contributed by atoms with Gasteiger partial charge in [-0.1, -0.05) is 12.1 Å². The van der Waals surface area contributed by atoms with Crippen LogP contribution in [0.15, 0.2) is 24.3 Å². The van der Waals surface area contributed by atoms with Gasteiger partial charge < -0.3 is 5.11 Å². The van der Waals surface area contributed by atoms with E-state index in [2.05, 4.69) is 0 Å². The van der Waals surface area contributed by atoms with Crippen molar-refractivity contribution in [1.82, 2.24) is 0 Å². The fourth-order valence-corrected chi connectivity index (χ4v) is 2.89. The third kappa shape index (κ3) is 1.75. The molecular formula is C13H13F3O. The molecule has 4 heteroatoms. The predicted molar refractivity (Wildman–Crippen MR) is 56.2 cm³/mol. The molecule has 2 aliphatic rings. The lowest BCUT2D eigenvalue weighted by atomic mass is 9.65. The summed E-state index contributed by atoms with van der Waals surface area (Å²) in [5.41, 5.74) is -0.619. The largest absolute Gasteiger partial charge is 0.416 e. The van der Waals surface area contributed by atoms with E-state index >= 15 is 0 Å². The lowest BCUT2D eigenvalue weighted by Gasteiger charge is -2.45. The summed E-state index contributed by atoms with van der Waals surface area (Å²) >= 11 is 0. The SMILES string of the molecule is OC1(c2ccc(C(F)(F)F)cc2)CC2(CC2)C1. The van der Waals surface area contributed by atoms with Gasteiger partial charge in [-0.25, -0.2) is 0 Å². The first-order valence-electron chi connectivity index (χ1n) is 5.73. The average Bonchev–Trinajstić information content (AvgIpc) is 2.96. The van der Waals surface area contributed by atoms with Crippen LogP contribution in [0.3, 0.4) is 0 Å². The van der Waals surface area contributed by atoms with Gasteiger partial charge in [-0.05, 0) is 48.8 Å². The minimum absolute atomic E-state index is 0.317. The van der Waals surface area contributed by atoms with Gasteiger partial charge in [0.2, 0.25) is 0 Å². The number of aliphatic hydroxyl groups is 1. The zero-order valence-corrected chi connectivity index (χ0v) is 9.22. The van der Waals surface area contributed by atoms with Crippen molar-refractivity contribution in [2.45, 2.75) is 37.5 Å². The van der Waals surface area contributed by atoms with Gasteiger partial charge in [-0.15, -0.1) is 0 Å². The third-order valence-corrected chi connectivity index (χ3v) is 4.04. The van der Waals surface area contributed by atoms with E-state index in [0.29, 0.717) is 23.8 Å². The molecule has 2 fully saturated rings. The molecule has 17 heavy (non-hydrogen) atoms. The Morgan fingerprint density at radius 1 is 1.00 bits per heavy atom. The van der Waals surface area contributed by atoms with Crippen molar-refractivity contribution in [2.24, 2.45) is 5.41 Å². The lowest BCUT2D eigenvalue weighted by Crippen LogP contribution is -2.42. The van der Waals surface area contributed by atoms with Crippen LogP contribution in [0.5, 0.6) is 0 Å². The summed E-state index contributed by atoms with van der Waals surface area (Å²) in [6.07, 6.45) is -0.610. The molecule has 0 atom stereocenters. The predicted octanol–water partition coefficient (Wildman–Crippen LogP) is 3.47. The Kier molecular flexibility index (Phi) is 1.99. The highest BCUT2D eigenvalue weighted by atomic mass is 19.4. The third-order valence-electron chi connectivity index (χ3n) is 4.04. The molecule has 2 aliphatic carbocycles. The Hall–Kier alpha value is -1.03. The second-order valence-electron chi connectivity index (χ2n) is 5.46. The zero-order chi connectivity index (χ0) is 12.3. The average molecular weight is 242 g/mol. The van der Waals surface area contributed by atoms with Gasteiger partial charge in [-0.2, -0.15) is 13.2 Å². The van der Waals surface area contributed by atoms with Gasteiger partial charge in [0.05, 0.1) is 11.2 Å². The first kappa shape index (κ1) is 11.1. The van der Waals surface area contributed by atoms with Crippen LogP contribution in [0.2, 0.25) is 0 Å². The maximum atomic E-state index is 12.4. The molecule has 2 saturated carbocycles. The Morgan fingerprint density at radius 2 is 1.53 bits per heavy atom. The van der Waals surface area contributed by atoms with E-state index in [1.807, 2.05) is 0 Å². The van der Waals surface area contributed by atoms with Crippen LogP contribution in [0, 0.1) is 5.41 Å². The Balaban J connectivity index is 1.81. The minimum atomic E-state index is -4.31. The highest BCUT2D eigenvalue weighted by molar-refractivity contribution is 5.32. The number of hydrogen-bond donors (Lipinski definition) is 1. The topological polar surface area (TPSA) is 20.2 Å². The van der Waals surface area contributed by atoms with E-state index in [0.717, 1.165) is 25.0 Å². The first-order valence-corrected chi connectivity index (χ1v) is 5.73. The second-order valence-corrected chi connectivity index (χ2v) is 5.46. The monoisotopic (exact) mass is 242 g/mol. The molecule has 0 aromatic heterocycles. The zero-order valence-electron chi connectivity index (χ0n) is 9.22. The summed E-state index contributed by atoms with van der Waals surface area (Å²) in [6, 6.07) is 4.90. The maximum absolute atomic E-state index is 12.4. The summed E-state index contributed by atoms with van der Waals surface area (Å²) in [5.74, 6) is 0. The number of benzene rings is 1. The molecule has 92 valence electrons. The van der Waals surface area contributed by atoms with Crippen molar-refractivity contribution in [3.8, 4) is 0 Å². The molecule has 1 nitrogen and oxygen atoms in total. The van der Waals surface area contributed by atoms with Crippen LogP contribution < -0.4 is 0 Å². The fraction of sp³-hybridized carbons (Fsp3) is 0.538. The first-order chi connectivity index (χ1) is 7.83. The number of halogens is 3. The van der Waals surface area contributed by atoms with Crippen molar-refractivity contribution in [1.29, 1.82) is 0 Å². The number of hydrogen-bond acceptors (Lipinski definition) is 1. The summed E-state index contributed by atoms with van der Waals surface area (Å²) < 4.78 is 37.1. The molecule has 0 amide bonds. The summed E-state index contributed by atoms with van der Waals surface area (Å²) in [7, 11) is 0. The van der Waals surface area contributed by atoms with E-state index in [4.69, 9.17) is 0 Å².